The zero-order valence-electron chi connectivity index (χ0n) is 26.4. The van der Waals surface area contributed by atoms with E-state index in [1.54, 1.807) is 47.6 Å². The summed E-state index contributed by atoms with van der Waals surface area (Å²) in [7, 11) is 0. The molecule has 246 valence electrons. The van der Waals surface area contributed by atoms with Crippen LogP contribution >= 0.6 is 0 Å². The van der Waals surface area contributed by atoms with Crippen LogP contribution in [0.2, 0.25) is 0 Å². The number of aromatic nitrogens is 4. The van der Waals surface area contributed by atoms with Gasteiger partial charge >= 0.3 is 6.09 Å². The molecule has 2 aliphatic rings. The minimum Gasteiger partial charge on any atom is -0.444 e. The van der Waals surface area contributed by atoms with Crippen molar-refractivity contribution < 1.29 is 33.6 Å². The van der Waals surface area contributed by atoms with Gasteiger partial charge in [-0.25, -0.2) is 23.8 Å². The van der Waals surface area contributed by atoms with Crippen molar-refractivity contribution in [3.8, 4) is 5.69 Å². The van der Waals surface area contributed by atoms with Crippen molar-refractivity contribution in [3.05, 3.63) is 72.1 Å². The molecule has 5 heterocycles. The Hall–Kier alpha value is -4.17. The lowest BCUT2D eigenvalue weighted by atomic mass is 9.89. The number of carbonyl (C=O) groups is 1. The predicted octanol–water partition coefficient (Wildman–Crippen LogP) is 4.90. The number of halogens is 1. The maximum Gasteiger partial charge on any atom is 0.410 e. The van der Waals surface area contributed by atoms with Gasteiger partial charge in [0.1, 0.15) is 17.2 Å². The second kappa shape index (κ2) is 14.9. The van der Waals surface area contributed by atoms with E-state index in [2.05, 4.69) is 20.4 Å². The molecular formula is C33H41FN6O6. The number of piperidine rings is 1. The molecule has 6 rings (SSSR count). The summed E-state index contributed by atoms with van der Waals surface area (Å²) < 4.78 is 31.7. The van der Waals surface area contributed by atoms with E-state index in [-0.39, 0.29) is 24.3 Å². The van der Waals surface area contributed by atoms with Crippen molar-refractivity contribution in [2.75, 3.05) is 44.8 Å². The molecule has 2 saturated heterocycles. The van der Waals surface area contributed by atoms with Crippen LogP contribution in [0, 0.1) is 11.7 Å². The summed E-state index contributed by atoms with van der Waals surface area (Å²) >= 11 is 0. The molecule has 0 bridgehead atoms. The van der Waals surface area contributed by atoms with Crippen molar-refractivity contribution >= 4 is 28.5 Å². The van der Waals surface area contributed by atoms with E-state index < -0.39 is 17.5 Å². The van der Waals surface area contributed by atoms with E-state index in [4.69, 9.17) is 14.2 Å². The summed E-state index contributed by atoms with van der Waals surface area (Å²) in [5.41, 5.74) is 1.85. The molecule has 2 aliphatic heterocycles. The SMILES string of the molecule is C1COCCO1.CC(C)(C)OC(=O)N1CCC(C(O)c2ccc3cnc(Nc4ccc(-n5ccc(CO)n5)cc4F)cc3n2)CC1. The molecule has 1 atom stereocenters. The van der Waals surface area contributed by atoms with Crippen molar-refractivity contribution in [3.63, 3.8) is 0 Å². The quantitative estimate of drug-likeness (QED) is 0.267. The average Bonchev–Trinajstić information content (AvgIpc) is 3.55. The van der Waals surface area contributed by atoms with Gasteiger partial charge in [-0.05, 0) is 69.9 Å². The van der Waals surface area contributed by atoms with Gasteiger partial charge in [-0.2, -0.15) is 5.10 Å². The van der Waals surface area contributed by atoms with Gasteiger partial charge in [-0.15, -0.1) is 0 Å². The zero-order valence-corrected chi connectivity index (χ0v) is 26.4. The number of amides is 1. The number of hydrogen-bond donors (Lipinski definition) is 3. The Balaban J connectivity index is 0.000000624. The van der Waals surface area contributed by atoms with Gasteiger partial charge in [-0.3, -0.25) is 0 Å². The molecular weight excluding hydrogens is 595 g/mol. The number of anilines is 2. The molecule has 13 heteroatoms. The summed E-state index contributed by atoms with van der Waals surface area (Å²) in [6.45, 7) is 9.46. The third-order valence-electron chi connectivity index (χ3n) is 7.57. The predicted molar refractivity (Wildman–Crippen MR) is 169 cm³/mol. The molecule has 3 aromatic heterocycles. The van der Waals surface area contributed by atoms with E-state index in [9.17, 15) is 19.4 Å². The molecule has 0 radical (unpaired) electrons. The topological polar surface area (TPSA) is 144 Å². The van der Waals surface area contributed by atoms with Crippen LogP contribution in [0.15, 0.2) is 54.9 Å². The van der Waals surface area contributed by atoms with Crippen LogP contribution in [-0.2, 0) is 20.8 Å². The number of aliphatic hydroxyl groups is 2. The lowest BCUT2D eigenvalue weighted by Gasteiger charge is -2.35. The van der Waals surface area contributed by atoms with Crippen LogP contribution in [0.4, 0.5) is 20.7 Å². The van der Waals surface area contributed by atoms with E-state index in [0.717, 1.165) is 31.8 Å². The number of fused-ring (bicyclic) bond motifs is 1. The fourth-order valence-corrected chi connectivity index (χ4v) is 5.15. The van der Waals surface area contributed by atoms with Crippen molar-refractivity contribution in [2.45, 2.75) is 51.9 Å². The van der Waals surface area contributed by atoms with Crippen LogP contribution in [0.3, 0.4) is 0 Å². The first kappa shape index (κ1) is 33.2. The molecule has 1 aromatic carbocycles. The Labute approximate surface area is 267 Å². The number of benzene rings is 1. The molecule has 0 aliphatic carbocycles. The summed E-state index contributed by atoms with van der Waals surface area (Å²) in [6.07, 6.45) is 3.46. The molecule has 0 saturated carbocycles. The largest absolute Gasteiger partial charge is 0.444 e. The summed E-state index contributed by atoms with van der Waals surface area (Å²) in [5, 5.41) is 28.3. The fraction of sp³-hybridized carbons (Fsp3) is 0.455. The Morgan fingerprint density at radius 3 is 2.41 bits per heavy atom. The highest BCUT2D eigenvalue weighted by Crippen LogP contribution is 2.32. The van der Waals surface area contributed by atoms with Crippen LogP contribution in [0.1, 0.15) is 51.1 Å². The van der Waals surface area contributed by atoms with Gasteiger partial charge in [-0.1, -0.05) is 0 Å². The molecule has 12 nitrogen and oxygen atoms in total. The van der Waals surface area contributed by atoms with E-state index in [0.29, 0.717) is 54.3 Å². The second-order valence-corrected chi connectivity index (χ2v) is 12.2. The maximum absolute atomic E-state index is 14.9. The van der Waals surface area contributed by atoms with Crippen molar-refractivity contribution in [1.29, 1.82) is 0 Å². The average molecular weight is 637 g/mol. The van der Waals surface area contributed by atoms with Crippen LogP contribution < -0.4 is 5.32 Å². The first-order valence-corrected chi connectivity index (χ1v) is 15.4. The molecule has 1 amide bonds. The number of likely N-dealkylation sites (tertiary alicyclic amines) is 1. The zero-order chi connectivity index (χ0) is 32.7. The van der Waals surface area contributed by atoms with Gasteiger partial charge in [0.25, 0.3) is 0 Å². The third kappa shape index (κ3) is 8.75. The number of hydrogen-bond acceptors (Lipinski definition) is 10. The Kier molecular flexibility index (Phi) is 10.8. The molecule has 46 heavy (non-hydrogen) atoms. The number of rotatable bonds is 6. The van der Waals surface area contributed by atoms with E-state index >= 15 is 0 Å². The molecule has 0 spiro atoms. The highest BCUT2D eigenvalue weighted by atomic mass is 19.1. The van der Waals surface area contributed by atoms with E-state index in [1.807, 2.05) is 26.8 Å². The number of aliphatic hydroxyl groups excluding tert-OH is 2. The minimum atomic E-state index is -0.784. The fourth-order valence-electron chi connectivity index (χ4n) is 5.15. The molecule has 1 unspecified atom stereocenters. The summed E-state index contributed by atoms with van der Waals surface area (Å²) in [4.78, 5) is 23.1. The Bertz CT molecular complexity index is 1600. The first-order chi connectivity index (χ1) is 22.1. The van der Waals surface area contributed by atoms with Gasteiger partial charge in [0.2, 0.25) is 0 Å². The standard InChI is InChI=1S/C29H33FN6O4.C4H8O2/c1-29(2,3)40-28(39)35-11-8-18(9-12-35)27(38)24-6-4-19-16-31-26(15-25(19)32-24)33-23-7-5-21(14-22(23)30)36-13-10-20(17-37)34-36;1-2-6-4-3-5-1/h4-7,10,13-16,18,27,37-38H,8-9,11-12,17H2,1-3H3,(H,31,33);1-4H2. The summed E-state index contributed by atoms with van der Waals surface area (Å²) in [5.74, 6) is -0.125. The number of nitrogens with one attached hydrogen (secondary N) is 1. The molecule has 2 fully saturated rings. The lowest BCUT2D eigenvalue weighted by Crippen LogP contribution is -2.42. The summed E-state index contributed by atoms with van der Waals surface area (Å²) in [6, 6.07) is 11.7. The van der Waals surface area contributed by atoms with Crippen LogP contribution in [0.25, 0.3) is 16.6 Å². The first-order valence-electron chi connectivity index (χ1n) is 15.4. The van der Waals surface area contributed by atoms with E-state index in [1.165, 1.54) is 10.7 Å². The van der Waals surface area contributed by atoms with Crippen LogP contribution in [-0.4, -0.2) is 86.1 Å². The highest BCUT2D eigenvalue weighted by Gasteiger charge is 2.31. The normalized spacial score (nSPS) is 16.4. The lowest BCUT2D eigenvalue weighted by molar-refractivity contribution is -0.0334. The number of nitrogens with zero attached hydrogens (tertiary/aromatic N) is 5. The highest BCUT2D eigenvalue weighted by molar-refractivity contribution is 5.81. The minimum absolute atomic E-state index is 0.0427. The monoisotopic (exact) mass is 636 g/mol. The Morgan fingerprint density at radius 1 is 1.09 bits per heavy atom. The van der Waals surface area contributed by atoms with Gasteiger partial charge in [0.15, 0.2) is 0 Å². The van der Waals surface area contributed by atoms with Gasteiger partial charge < -0.3 is 34.6 Å². The number of carbonyl (C=O) groups excluding carboxylic acids is 1. The van der Waals surface area contributed by atoms with Crippen LogP contribution in [0.5, 0.6) is 0 Å². The van der Waals surface area contributed by atoms with Gasteiger partial charge in [0, 0.05) is 43.0 Å². The van der Waals surface area contributed by atoms with Crippen molar-refractivity contribution in [2.24, 2.45) is 5.92 Å². The molecule has 3 N–H and O–H groups in total. The van der Waals surface area contributed by atoms with Gasteiger partial charge in [0.05, 0.1) is 67.4 Å². The third-order valence-corrected chi connectivity index (χ3v) is 7.57. The smallest absolute Gasteiger partial charge is 0.410 e. The second-order valence-electron chi connectivity index (χ2n) is 12.2. The molecule has 4 aromatic rings. The number of ether oxygens (including phenoxy) is 3. The number of pyridine rings is 2. The van der Waals surface area contributed by atoms with Crippen molar-refractivity contribution in [1.82, 2.24) is 24.6 Å². The maximum atomic E-state index is 14.9. The Morgan fingerprint density at radius 2 is 1.80 bits per heavy atom.